The van der Waals surface area contributed by atoms with Gasteiger partial charge in [0.15, 0.2) is 0 Å². The van der Waals surface area contributed by atoms with Gasteiger partial charge < -0.3 is 13.8 Å². The van der Waals surface area contributed by atoms with E-state index in [0.717, 1.165) is 10.7 Å². The SMILES string of the molecule is CCOP(=O)(OCC)C(Cl)=Cc1cc(-c2nn(C)c(OC(F)F)c2Cl)c(F)cc1Cl. The summed E-state index contributed by atoms with van der Waals surface area (Å²) in [6, 6.07) is 2.18. The van der Waals surface area contributed by atoms with Crippen LogP contribution in [0.2, 0.25) is 10.0 Å². The molecule has 0 aliphatic carbocycles. The van der Waals surface area contributed by atoms with Crippen LogP contribution in [-0.2, 0) is 20.7 Å². The molecule has 0 N–H and O–H groups in total. The minimum atomic E-state index is -3.80. The van der Waals surface area contributed by atoms with Gasteiger partial charge in [-0.05, 0) is 37.6 Å². The van der Waals surface area contributed by atoms with Crippen LogP contribution in [0.4, 0.5) is 13.2 Å². The van der Waals surface area contributed by atoms with Crippen molar-refractivity contribution < 1.29 is 31.5 Å². The van der Waals surface area contributed by atoms with Crippen LogP contribution in [0.5, 0.6) is 5.88 Å². The first-order valence-corrected chi connectivity index (χ1v) is 11.1. The molecule has 0 saturated heterocycles. The highest BCUT2D eigenvalue weighted by Gasteiger charge is 2.29. The molecule has 0 aliphatic heterocycles. The maximum atomic E-state index is 14.6. The van der Waals surface area contributed by atoms with Crippen LogP contribution >= 0.6 is 42.4 Å². The van der Waals surface area contributed by atoms with Crippen molar-refractivity contribution in [3.05, 3.63) is 38.3 Å². The molecular weight excluding hydrogens is 491 g/mol. The summed E-state index contributed by atoms with van der Waals surface area (Å²) in [7, 11) is -2.49. The Morgan fingerprint density at radius 1 is 1.27 bits per heavy atom. The van der Waals surface area contributed by atoms with Crippen molar-refractivity contribution in [3.8, 4) is 17.1 Å². The maximum absolute atomic E-state index is 14.6. The first-order chi connectivity index (χ1) is 14.0. The second-order valence-electron chi connectivity index (χ2n) is 5.62. The lowest BCUT2D eigenvalue weighted by molar-refractivity contribution is -0.0552. The van der Waals surface area contributed by atoms with Gasteiger partial charge in [-0.2, -0.15) is 13.9 Å². The molecule has 0 bridgehead atoms. The molecule has 1 heterocycles. The highest BCUT2D eigenvalue weighted by molar-refractivity contribution is 7.61. The van der Waals surface area contributed by atoms with Gasteiger partial charge in [-0.15, -0.1) is 0 Å². The molecule has 0 spiro atoms. The number of nitrogens with zero attached hydrogens (tertiary/aromatic N) is 2. The Morgan fingerprint density at radius 2 is 1.87 bits per heavy atom. The number of rotatable bonds is 9. The quantitative estimate of drug-likeness (QED) is 0.344. The van der Waals surface area contributed by atoms with Crippen molar-refractivity contribution in [2.75, 3.05) is 13.2 Å². The lowest BCUT2D eigenvalue weighted by Crippen LogP contribution is -2.06. The van der Waals surface area contributed by atoms with Gasteiger partial charge >= 0.3 is 14.2 Å². The molecule has 0 unspecified atom stereocenters. The molecule has 0 aliphatic rings. The smallest absolute Gasteiger partial charge is 0.388 e. The molecule has 2 rings (SSSR count). The summed E-state index contributed by atoms with van der Waals surface area (Å²) in [5.41, 5.74) is -0.175. The van der Waals surface area contributed by atoms with E-state index in [1.165, 1.54) is 19.2 Å². The third kappa shape index (κ3) is 5.52. The van der Waals surface area contributed by atoms with Gasteiger partial charge in [0.05, 0.1) is 18.2 Å². The molecule has 1 aromatic heterocycles. The average Bonchev–Trinajstić information content (AvgIpc) is 2.92. The predicted octanol–water partition coefficient (Wildman–Crippen LogP) is 6.94. The molecule has 0 saturated carbocycles. The predicted molar refractivity (Wildman–Crippen MR) is 110 cm³/mol. The zero-order valence-corrected chi connectivity index (χ0v) is 19.1. The summed E-state index contributed by atoms with van der Waals surface area (Å²) in [6.45, 7) is 0.215. The largest absolute Gasteiger partial charge is 0.416 e. The van der Waals surface area contributed by atoms with Gasteiger partial charge in [-0.25, -0.2) is 9.07 Å². The Morgan fingerprint density at radius 3 is 2.40 bits per heavy atom. The second kappa shape index (κ2) is 10.4. The fourth-order valence-corrected chi connectivity index (χ4v) is 4.65. The zero-order valence-electron chi connectivity index (χ0n) is 16.0. The molecule has 0 amide bonds. The minimum Gasteiger partial charge on any atom is -0.416 e. The minimum absolute atomic E-state index is 0.0648. The monoisotopic (exact) mass is 506 g/mol. The van der Waals surface area contributed by atoms with E-state index in [4.69, 9.17) is 43.9 Å². The topological polar surface area (TPSA) is 62.6 Å². The Labute approximate surface area is 186 Å². The summed E-state index contributed by atoms with van der Waals surface area (Å²) in [4.78, 5) is 0. The molecule has 0 radical (unpaired) electrons. The molecule has 0 atom stereocenters. The number of benzene rings is 1. The number of ether oxygens (including phenoxy) is 1. The Bertz CT molecular complexity index is 991. The van der Waals surface area contributed by atoms with Crippen molar-refractivity contribution in [2.24, 2.45) is 7.05 Å². The second-order valence-corrected chi connectivity index (χ2v) is 9.07. The first kappa shape index (κ1) is 25.0. The molecule has 2 aromatic rings. The van der Waals surface area contributed by atoms with E-state index in [2.05, 4.69) is 9.84 Å². The fraction of sp³-hybridized carbons (Fsp3) is 0.353. The summed E-state index contributed by atoms with van der Waals surface area (Å²) < 4.78 is 67.8. The Balaban J connectivity index is 2.58. The van der Waals surface area contributed by atoms with Crippen molar-refractivity contribution in [1.29, 1.82) is 0 Å². The van der Waals surface area contributed by atoms with Crippen LogP contribution < -0.4 is 4.74 Å². The third-order valence-corrected chi connectivity index (χ3v) is 6.86. The van der Waals surface area contributed by atoms with Crippen molar-refractivity contribution in [3.63, 3.8) is 0 Å². The van der Waals surface area contributed by atoms with E-state index in [-0.39, 0.29) is 44.9 Å². The van der Waals surface area contributed by atoms with Crippen LogP contribution in [0.15, 0.2) is 16.9 Å². The number of alkyl halides is 2. The standard InChI is InChI=1S/C17H17Cl3F3N2O4P/c1-4-27-30(26,28-5-2)13(19)7-9-6-10(12(21)8-11(9)18)15-14(20)16(25(3)24-15)29-17(22)23/h6-8,17H,4-5H2,1-3H3. The molecule has 1 aromatic carbocycles. The summed E-state index contributed by atoms with van der Waals surface area (Å²) in [5.74, 6) is -1.27. The van der Waals surface area contributed by atoms with Gasteiger partial charge in [0.25, 0.3) is 0 Å². The molecular formula is C17H17Cl3F3N2O4P. The van der Waals surface area contributed by atoms with Gasteiger partial charge in [-0.1, -0.05) is 34.8 Å². The molecule has 30 heavy (non-hydrogen) atoms. The van der Waals surface area contributed by atoms with Gasteiger partial charge in [0.2, 0.25) is 5.88 Å². The van der Waals surface area contributed by atoms with E-state index < -0.39 is 25.9 Å². The van der Waals surface area contributed by atoms with Crippen LogP contribution in [0.3, 0.4) is 0 Å². The highest BCUT2D eigenvalue weighted by atomic mass is 35.5. The number of aromatic nitrogens is 2. The average molecular weight is 508 g/mol. The van der Waals surface area contributed by atoms with E-state index >= 15 is 0 Å². The van der Waals surface area contributed by atoms with E-state index in [0.29, 0.717) is 0 Å². The third-order valence-electron chi connectivity index (χ3n) is 3.62. The van der Waals surface area contributed by atoms with E-state index in [1.807, 2.05) is 0 Å². The number of hydrogen-bond donors (Lipinski definition) is 0. The highest BCUT2D eigenvalue weighted by Crippen LogP contribution is 2.58. The first-order valence-electron chi connectivity index (χ1n) is 8.47. The van der Waals surface area contributed by atoms with Gasteiger partial charge in [0.1, 0.15) is 21.3 Å². The van der Waals surface area contributed by atoms with Crippen LogP contribution in [0.25, 0.3) is 17.3 Å². The van der Waals surface area contributed by atoms with Crippen molar-refractivity contribution in [1.82, 2.24) is 9.78 Å². The van der Waals surface area contributed by atoms with Crippen molar-refractivity contribution in [2.45, 2.75) is 20.5 Å². The molecule has 166 valence electrons. The maximum Gasteiger partial charge on any atom is 0.388 e. The lowest BCUT2D eigenvalue weighted by atomic mass is 10.1. The summed E-state index contributed by atoms with van der Waals surface area (Å²) >= 11 is 18.3. The Kier molecular flexibility index (Phi) is 8.68. The summed E-state index contributed by atoms with van der Waals surface area (Å²) in [6.07, 6.45) is 1.20. The van der Waals surface area contributed by atoms with E-state index in [1.54, 1.807) is 13.8 Å². The number of aryl methyl sites for hydroxylation is 1. The molecule has 0 fully saturated rings. The van der Waals surface area contributed by atoms with Crippen LogP contribution in [0.1, 0.15) is 19.4 Å². The molecule has 6 nitrogen and oxygen atoms in total. The molecule has 13 heteroatoms. The van der Waals surface area contributed by atoms with Gasteiger partial charge in [0, 0.05) is 12.6 Å². The normalized spacial score (nSPS) is 12.7. The Hall–Kier alpha value is -1.22. The van der Waals surface area contributed by atoms with Gasteiger partial charge in [-0.3, -0.25) is 4.57 Å². The van der Waals surface area contributed by atoms with Crippen molar-refractivity contribution >= 4 is 48.5 Å². The zero-order chi connectivity index (χ0) is 22.6. The number of halogens is 6. The lowest BCUT2D eigenvalue weighted by Gasteiger charge is -2.16. The van der Waals surface area contributed by atoms with E-state index in [9.17, 15) is 17.7 Å². The number of hydrogen-bond acceptors (Lipinski definition) is 5. The van der Waals surface area contributed by atoms with Crippen LogP contribution in [-0.4, -0.2) is 29.6 Å². The fourth-order valence-electron chi connectivity index (χ4n) is 2.43. The van der Waals surface area contributed by atoms with Crippen LogP contribution in [0, 0.1) is 5.82 Å². The summed E-state index contributed by atoms with van der Waals surface area (Å²) in [5, 5.41) is 3.55.